The monoisotopic (exact) mass is 656 g/mol. The maximum Gasteiger partial charge on any atom is 1.00 e. The number of hydrogen-bond acceptors (Lipinski definition) is 14. The standard InChI is InChI=1S/6C2HFO3.Li.H3O4P/c6*3-1(4)2(5)6;;1-5(2,3)4/h6*(H,5,6);;(H3,1,2,3,4)/q;;;;;;+1;/p-1. The van der Waals surface area contributed by atoms with Gasteiger partial charge in [-0.05, 0) is 0 Å². The van der Waals surface area contributed by atoms with E-state index in [1.165, 1.54) is 0 Å². The average Bonchev–Trinajstić information content (AvgIpc) is 2.74. The van der Waals surface area contributed by atoms with E-state index in [-0.39, 0.29) is 18.9 Å². The Morgan fingerprint density at radius 1 is 0.381 bits per heavy atom. The minimum Gasteiger partial charge on any atom is -0.756 e. The van der Waals surface area contributed by atoms with E-state index in [1.54, 1.807) is 0 Å². The second-order valence-corrected chi connectivity index (χ2v) is 4.94. The van der Waals surface area contributed by atoms with Gasteiger partial charge in [0, 0.05) is 0 Å². The summed E-state index contributed by atoms with van der Waals surface area (Å²) in [4.78, 5) is 130. The van der Waals surface area contributed by atoms with Crippen molar-refractivity contribution in [2.75, 3.05) is 0 Å². The molecule has 0 fully saturated rings. The molecule has 0 amide bonds. The number of halogens is 6. The Morgan fingerprint density at radius 3 is 0.405 bits per heavy atom. The number of carbonyl (C=O) groups excluding carboxylic acids is 6. The van der Waals surface area contributed by atoms with Crippen molar-refractivity contribution in [3.63, 3.8) is 0 Å². The van der Waals surface area contributed by atoms with Gasteiger partial charge in [0.25, 0.3) is 7.82 Å². The van der Waals surface area contributed by atoms with Gasteiger partial charge >= 0.3 is 90.9 Å². The molecule has 0 rings (SSSR count). The predicted molar refractivity (Wildman–Crippen MR) is 94.5 cm³/mol. The van der Waals surface area contributed by atoms with Crippen LogP contribution in [0.2, 0.25) is 0 Å². The Bertz CT molecular complexity index is 786. The summed E-state index contributed by atoms with van der Waals surface area (Å²) < 4.78 is 72.3. The van der Waals surface area contributed by atoms with Crippen LogP contribution in [0.1, 0.15) is 0 Å². The van der Waals surface area contributed by atoms with Gasteiger partial charge in [-0.25, -0.2) is 57.5 Å². The van der Waals surface area contributed by atoms with Crippen molar-refractivity contribution >= 4 is 79.9 Å². The fourth-order valence-corrected chi connectivity index (χ4v) is 0. The molecule has 8 N–H and O–H groups in total. The van der Waals surface area contributed by atoms with E-state index in [1.807, 2.05) is 0 Å². The Balaban J connectivity index is -0.0000000533. The smallest absolute Gasteiger partial charge is 0.756 e. The van der Waals surface area contributed by atoms with E-state index in [2.05, 4.69) is 0 Å². The van der Waals surface area contributed by atoms with E-state index >= 15 is 0 Å². The molecule has 0 unspecified atom stereocenters. The Labute approximate surface area is 233 Å². The van der Waals surface area contributed by atoms with Gasteiger partial charge in [-0.1, -0.05) is 0 Å². The SMILES string of the molecule is O=C(O)C(=O)F.O=C(O)C(=O)F.O=C(O)C(=O)F.O=C(O)C(=O)F.O=C(O)C(=O)F.O=C(O)C(=O)F.O=P([O-])(O)O.[Li+]. The molecular formula is C12H8F6LiO22P. The molecule has 0 aromatic carbocycles. The molecule has 0 aromatic heterocycles. The van der Waals surface area contributed by atoms with Crippen LogP contribution < -0.4 is 23.8 Å². The molecular weight excluding hydrogens is 648 g/mol. The quantitative estimate of drug-likeness (QED) is 0.0432. The van der Waals surface area contributed by atoms with E-state index < -0.39 is 79.9 Å². The molecule has 42 heavy (non-hydrogen) atoms. The molecule has 0 aromatic rings. The maximum absolute atomic E-state index is 10.6. The Morgan fingerprint density at radius 2 is 0.405 bits per heavy atom. The topological polar surface area (TPSA) is 407 Å². The van der Waals surface area contributed by atoms with Gasteiger partial charge in [0.05, 0.1) is 0 Å². The molecule has 30 heteroatoms. The van der Waals surface area contributed by atoms with Crippen LogP contribution in [-0.2, 0) is 62.1 Å². The number of carboxylic acid groups (broad SMARTS) is 6. The van der Waals surface area contributed by atoms with Crippen molar-refractivity contribution in [3.05, 3.63) is 0 Å². The van der Waals surface area contributed by atoms with Gasteiger partial charge in [0.2, 0.25) is 0 Å². The molecule has 0 saturated heterocycles. The number of carboxylic acids is 6. The van der Waals surface area contributed by atoms with Crippen LogP contribution in [0.5, 0.6) is 0 Å². The third-order valence-electron chi connectivity index (χ3n) is 1.01. The minimum absolute atomic E-state index is 0. The summed E-state index contributed by atoms with van der Waals surface area (Å²) in [5.74, 6) is -12.3. The zero-order valence-corrected chi connectivity index (χ0v) is 19.9. The van der Waals surface area contributed by atoms with Crippen LogP contribution >= 0.6 is 7.82 Å². The molecule has 0 heterocycles. The summed E-state index contributed by atoms with van der Waals surface area (Å²) >= 11 is 0. The number of aliphatic carboxylic acids is 6. The second kappa shape index (κ2) is 32.3. The van der Waals surface area contributed by atoms with Gasteiger partial charge in [-0.15, -0.1) is 0 Å². The molecule has 0 aliphatic carbocycles. The minimum atomic E-state index is -4.89. The van der Waals surface area contributed by atoms with Crippen LogP contribution in [0.15, 0.2) is 0 Å². The third-order valence-corrected chi connectivity index (χ3v) is 1.01. The van der Waals surface area contributed by atoms with Crippen molar-refractivity contribution in [3.8, 4) is 0 Å². The summed E-state index contributed by atoms with van der Waals surface area (Å²) in [6.07, 6.45) is 0. The number of phosphoric acid groups is 1. The molecule has 0 atom stereocenters. The van der Waals surface area contributed by atoms with Crippen LogP contribution in [0, 0.1) is 0 Å². The molecule has 0 aliphatic rings. The summed E-state index contributed by atoms with van der Waals surface area (Å²) in [7, 11) is -4.89. The third kappa shape index (κ3) is 112. The van der Waals surface area contributed by atoms with Crippen molar-refractivity contribution in [2.45, 2.75) is 0 Å². The van der Waals surface area contributed by atoms with Crippen molar-refractivity contribution in [1.29, 1.82) is 0 Å². The van der Waals surface area contributed by atoms with Gasteiger partial charge < -0.3 is 45.3 Å². The first kappa shape index (κ1) is 57.1. The van der Waals surface area contributed by atoms with Crippen molar-refractivity contribution in [2.24, 2.45) is 0 Å². The van der Waals surface area contributed by atoms with Crippen LogP contribution in [-0.4, -0.2) is 112 Å². The van der Waals surface area contributed by atoms with Gasteiger partial charge in [0.15, 0.2) is 0 Å². The molecule has 0 bridgehead atoms. The summed E-state index contributed by atoms with van der Waals surface area (Å²) in [6.45, 7) is 0. The zero-order chi connectivity index (χ0) is 35.4. The second-order valence-electron chi connectivity index (χ2n) is 3.96. The van der Waals surface area contributed by atoms with Crippen LogP contribution in [0.4, 0.5) is 26.3 Å². The van der Waals surface area contributed by atoms with Gasteiger partial charge in [-0.2, -0.15) is 26.3 Å². The first-order valence-electron chi connectivity index (χ1n) is 7.19. The molecule has 0 radical (unpaired) electrons. The van der Waals surface area contributed by atoms with E-state index in [0.29, 0.717) is 0 Å². The Kier molecular flexibility index (Phi) is 44.0. The molecule has 22 nitrogen and oxygen atoms in total. The molecule has 0 aliphatic heterocycles. The van der Waals surface area contributed by atoms with Gasteiger partial charge in [0.1, 0.15) is 0 Å². The Hall–Kier alpha value is -4.87. The fourth-order valence-electron chi connectivity index (χ4n) is 0. The fraction of sp³-hybridized carbons (Fsp3) is 0. The number of hydrogen-bond donors (Lipinski definition) is 8. The van der Waals surface area contributed by atoms with Crippen molar-refractivity contribution < 1.29 is 153 Å². The largest absolute Gasteiger partial charge is 1.00 e. The van der Waals surface area contributed by atoms with E-state index in [9.17, 15) is 26.3 Å². The van der Waals surface area contributed by atoms with E-state index in [0.717, 1.165) is 0 Å². The summed E-state index contributed by atoms with van der Waals surface area (Å²) in [6, 6.07) is -13.9. The molecule has 0 saturated carbocycles. The molecule has 236 valence electrons. The zero-order valence-electron chi connectivity index (χ0n) is 19.0. The maximum atomic E-state index is 10.6. The normalized spacial score (nSPS) is 7.83. The van der Waals surface area contributed by atoms with Crippen LogP contribution in [0.25, 0.3) is 0 Å². The van der Waals surface area contributed by atoms with Crippen LogP contribution in [0.3, 0.4) is 0 Å². The predicted octanol–water partition coefficient (Wildman–Crippen LogP) is -7.15. The van der Waals surface area contributed by atoms with Crippen molar-refractivity contribution in [1.82, 2.24) is 0 Å². The first-order valence-corrected chi connectivity index (χ1v) is 8.72. The van der Waals surface area contributed by atoms with E-state index in [4.69, 9.17) is 107 Å². The first-order chi connectivity index (χ1) is 17.9. The molecule has 0 spiro atoms. The summed E-state index contributed by atoms with van der Waals surface area (Å²) in [5.41, 5.74) is 0. The average molecular weight is 656 g/mol. The number of carbonyl (C=O) groups is 12. The van der Waals surface area contributed by atoms with Gasteiger partial charge in [-0.3, -0.25) is 4.57 Å². The number of rotatable bonds is 6. The summed E-state index contributed by atoms with van der Waals surface area (Å²) in [5, 5.41) is 43.6.